The normalized spacial score (nSPS) is 14.8. The first-order chi connectivity index (χ1) is 20.1. The molecular formula is C31H34N2O8S. The van der Waals surface area contributed by atoms with Gasteiger partial charge in [-0.25, -0.2) is 9.79 Å². The van der Waals surface area contributed by atoms with Crippen LogP contribution in [0.5, 0.6) is 23.0 Å². The van der Waals surface area contributed by atoms with Crippen molar-refractivity contribution in [1.29, 1.82) is 0 Å². The van der Waals surface area contributed by atoms with Crippen LogP contribution < -0.4 is 33.8 Å². The molecule has 0 fully saturated rings. The fourth-order valence-corrected chi connectivity index (χ4v) is 5.60. The number of rotatable bonds is 10. The third kappa shape index (κ3) is 6.41. The average molecular weight is 595 g/mol. The fourth-order valence-electron chi connectivity index (χ4n) is 4.55. The zero-order chi connectivity index (χ0) is 30.6. The number of esters is 2. The van der Waals surface area contributed by atoms with Crippen LogP contribution in [-0.4, -0.2) is 44.4 Å². The number of fused-ring (bicyclic) bond motifs is 1. The van der Waals surface area contributed by atoms with Gasteiger partial charge in [0.15, 0.2) is 27.8 Å². The standard InChI is InChI=1S/C31H34N2O8S/c1-17(2)12-13-40-22-10-8-20(14-24(22)37-5)15-26-29(35)33-28(27(30(36)39-7)18(3)32-31(33)42-26)21-9-11-23(41-19(4)34)25(16-21)38-6/h8-11,14-17,28H,12-13H2,1-7H3/b26-15-. The molecule has 0 bridgehead atoms. The van der Waals surface area contributed by atoms with Crippen LogP contribution in [0, 0.1) is 5.92 Å². The molecule has 0 spiro atoms. The predicted molar refractivity (Wildman–Crippen MR) is 158 cm³/mol. The van der Waals surface area contributed by atoms with Crippen molar-refractivity contribution in [2.24, 2.45) is 10.9 Å². The second kappa shape index (κ2) is 13.1. The Balaban J connectivity index is 1.83. The van der Waals surface area contributed by atoms with Crippen molar-refractivity contribution in [2.75, 3.05) is 27.9 Å². The smallest absolute Gasteiger partial charge is 0.338 e. The third-order valence-electron chi connectivity index (χ3n) is 6.62. The van der Waals surface area contributed by atoms with Gasteiger partial charge in [0.2, 0.25) is 0 Å². The number of hydrogen-bond acceptors (Lipinski definition) is 10. The summed E-state index contributed by atoms with van der Waals surface area (Å²) < 4.78 is 29.1. The predicted octanol–water partition coefficient (Wildman–Crippen LogP) is 3.78. The summed E-state index contributed by atoms with van der Waals surface area (Å²) in [6.07, 6.45) is 2.67. The molecule has 1 unspecified atom stereocenters. The number of carbonyl (C=O) groups excluding carboxylic acids is 2. The van der Waals surface area contributed by atoms with Crippen molar-refractivity contribution in [1.82, 2.24) is 4.57 Å². The van der Waals surface area contributed by atoms with Gasteiger partial charge in [0.25, 0.3) is 5.56 Å². The van der Waals surface area contributed by atoms with E-state index in [0.717, 1.165) is 12.0 Å². The Morgan fingerprint density at radius 3 is 2.36 bits per heavy atom. The van der Waals surface area contributed by atoms with Gasteiger partial charge in [-0.15, -0.1) is 0 Å². The van der Waals surface area contributed by atoms with Crippen molar-refractivity contribution in [2.45, 2.75) is 40.2 Å². The van der Waals surface area contributed by atoms with Crippen LogP contribution >= 0.6 is 11.3 Å². The molecule has 1 aliphatic rings. The van der Waals surface area contributed by atoms with E-state index in [2.05, 4.69) is 18.8 Å². The van der Waals surface area contributed by atoms with Crippen molar-refractivity contribution in [3.8, 4) is 23.0 Å². The van der Waals surface area contributed by atoms with Gasteiger partial charge in [0, 0.05) is 6.92 Å². The van der Waals surface area contributed by atoms with Gasteiger partial charge in [0.1, 0.15) is 0 Å². The quantitative estimate of drug-likeness (QED) is 0.257. The molecule has 0 N–H and O–H groups in total. The van der Waals surface area contributed by atoms with Gasteiger partial charge in [-0.1, -0.05) is 37.3 Å². The molecule has 0 amide bonds. The number of thiazole rings is 1. The summed E-state index contributed by atoms with van der Waals surface area (Å²) in [5.41, 5.74) is 1.59. The zero-order valence-electron chi connectivity index (χ0n) is 24.7. The van der Waals surface area contributed by atoms with Crippen LogP contribution in [0.4, 0.5) is 0 Å². The Morgan fingerprint density at radius 2 is 1.71 bits per heavy atom. The molecule has 4 rings (SSSR count). The van der Waals surface area contributed by atoms with E-state index in [1.165, 1.54) is 37.0 Å². The van der Waals surface area contributed by atoms with Crippen LogP contribution in [0.15, 0.2) is 57.5 Å². The molecule has 0 saturated heterocycles. The first-order valence-electron chi connectivity index (χ1n) is 13.4. The van der Waals surface area contributed by atoms with Gasteiger partial charge < -0.3 is 23.7 Å². The monoisotopic (exact) mass is 594 g/mol. The summed E-state index contributed by atoms with van der Waals surface area (Å²) >= 11 is 1.21. The Kier molecular flexibility index (Phi) is 9.52. The van der Waals surface area contributed by atoms with E-state index in [1.54, 1.807) is 38.3 Å². The number of ether oxygens (including phenoxy) is 5. The van der Waals surface area contributed by atoms with Gasteiger partial charge in [0.05, 0.1) is 49.8 Å². The number of hydrogen-bond donors (Lipinski definition) is 0. The number of nitrogens with zero attached hydrogens (tertiary/aromatic N) is 2. The Bertz CT molecular complexity index is 1720. The second-order valence-electron chi connectivity index (χ2n) is 10.0. The fraction of sp³-hybridized carbons (Fsp3) is 0.355. The highest BCUT2D eigenvalue weighted by molar-refractivity contribution is 7.07. The molecule has 2 heterocycles. The number of benzene rings is 2. The first-order valence-corrected chi connectivity index (χ1v) is 14.2. The van der Waals surface area contributed by atoms with E-state index in [4.69, 9.17) is 23.7 Å². The summed E-state index contributed by atoms with van der Waals surface area (Å²) in [5.74, 6) is 1.06. The van der Waals surface area contributed by atoms with Gasteiger partial charge >= 0.3 is 11.9 Å². The Hall–Kier alpha value is -4.38. The van der Waals surface area contributed by atoms with Gasteiger partial charge in [-0.3, -0.25) is 14.2 Å². The van der Waals surface area contributed by atoms with Gasteiger partial charge in [-0.2, -0.15) is 0 Å². The summed E-state index contributed by atoms with van der Waals surface area (Å²) in [6, 6.07) is 9.49. The summed E-state index contributed by atoms with van der Waals surface area (Å²) in [7, 11) is 4.29. The number of carbonyl (C=O) groups is 2. The van der Waals surface area contributed by atoms with Crippen molar-refractivity contribution in [3.05, 3.63) is 78.5 Å². The van der Waals surface area contributed by atoms with Crippen LogP contribution in [0.2, 0.25) is 0 Å². The van der Waals surface area contributed by atoms with E-state index in [1.807, 2.05) is 18.2 Å². The lowest BCUT2D eigenvalue weighted by atomic mass is 9.95. The molecule has 3 aromatic rings. The average Bonchev–Trinajstić information content (AvgIpc) is 3.26. The van der Waals surface area contributed by atoms with E-state index in [9.17, 15) is 14.4 Å². The molecule has 42 heavy (non-hydrogen) atoms. The lowest BCUT2D eigenvalue weighted by Gasteiger charge is -2.25. The number of methoxy groups -OCH3 is 3. The molecular weight excluding hydrogens is 560 g/mol. The second-order valence-corrected chi connectivity index (χ2v) is 11.0. The molecule has 1 aliphatic heterocycles. The molecule has 2 aromatic carbocycles. The third-order valence-corrected chi connectivity index (χ3v) is 7.61. The van der Waals surface area contributed by atoms with Gasteiger partial charge in [-0.05, 0) is 60.7 Å². The molecule has 0 radical (unpaired) electrons. The maximum Gasteiger partial charge on any atom is 0.338 e. The van der Waals surface area contributed by atoms with E-state index < -0.39 is 18.0 Å². The summed E-state index contributed by atoms with van der Waals surface area (Å²) in [5, 5.41) is 0. The molecule has 1 aromatic heterocycles. The summed E-state index contributed by atoms with van der Waals surface area (Å²) in [4.78, 5) is 43.5. The molecule has 0 saturated carbocycles. The minimum Gasteiger partial charge on any atom is -0.493 e. The lowest BCUT2D eigenvalue weighted by Crippen LogP contribution is -2.39. The van der Waals surface area contributed by atoms with Crippen molar-refractivity contribution < 1.29 is 33.3 Å². The van der Waals surface area contributed by atoms with E-state index in [-0.39, 0.29) is 22.6 Å². The highest BCUT2D eigenvalue weighted by Crippen LogP contribution is 2.36. The highest BCUT2D eigenvalue weighted by atomic mass is 32.1. The molecule has 0 aliphatic carbocycles. The minimum atomic E-state index is -0.859. The Labute approximate surface area is 247 Å². The molecule has 222 valence electrons. The number of allylic oxidation sites excluding steroid dienone is 1. The minimum absolute atomic E-state index is 0.211. The topological polar surface area (TPSA) is 115 Å². The van der Waals surface area contributed by atoms with Crippen molar-refractivity contribution >= 4 is 29.4 Å². The van der Waals surface area contributed by atoms with Crippen molar-refractivity contribution in [3.63, 3.8) is 0 Å². The molecule has 11 heteroatoms. The molecule has 1 atom stereocenters. The van der Waals surface area contributed by atoms with Crippen LogP contribution in [0.1, 0.15) is 51.3 Å². The van der Waals surface area contributed by atoms with E-state index >= 15 is 0 Å². The zero-order valence-corrected chi connectivity index (χ0v) is 25.5. The largest absolute Gasteiger partial charge is 0.493 e. The maximum atomic E-state index is 13.9. The summed E-state index contributed by atoms with van der Waals surface area (Å²) in [6.45, 7) is 7.82. The number of aromatic nitrogens is 1. The van der Waals surface area contributed by atoms with Crippen LogP contribution in [0.25, 0.3) is 6.08 Å². The highest BCUT2D eigenvalue weighted by Gasteiger charge is 2.33. The Morgan fingerprint density at radius 1 is 1.02 bits per heavy atom. The molecule has 10 nitrogen and oxygen atoms in total. The lowest BCUT2D eigenvalue weighted by molar-refractivity contribution is -0.136. The first kappa shape index (κ1) is 30.6. The SMILES string of the molecule is COC(=O)C1=C(C)N=c2s/c(=C\c3ccc(OCCC(C)C)c(OC)c3)c(=O)n2C1c1ccc(OC(C)=O)c(OC)c1. The van der Waals surface area contributed by atoms with Crippen LogP contribution in [-0.2, 0) is 14.3 Å². The van der Waals surface area contributed by atoms with Crippen LogP contribution in [0.3, 0.4) is 0 Å². The maximum absolute atomic E-state index is 13.9. The van der Waals surface area contributed by atoms with E-state index in [0.29, 0.717) is 44.6 Å².